The van der Waals surface area contributed by atoms with Crippen molar-refractivity contribution in [3.05, 3.63) is 97.2 Å². The summed E-state index contributed by atoms with van der Waals surface area (Å²) < 4.78 is 68.5. The lowest BCUT2D eigenvalue weighted by molar-refractivity contribution is -0.161. The van der Waals surface area contributed by atoms with Crippen LogP contribution in [0.25, 0.3) is 0 Å². The molecule has 0 aromatic carbocycles. The van der Waals surface area contributed by atoms with E-state index in [0.29, 0.717) is 32.1 Å². The van der Waals surface area contributed by atoms with E-state index in [1.54, 1.807) is 0 Å². The molecule has 19 heteroatoms. The number of allylic oxidation sites excluding steroid dienone is 16. The lowest BCUT2D eigenvalue weighted by Crippen LogP contribution is -2.30. The van der Waals surface area contributed by atoms with Gasteiger partial charge in [-0.15, -0.1) is 0 Å². The van der Waals surface area contributed by atoms with Crippen molar-refractivity contribution in [2.24, 2.45) is 0 Å². The third-order valence-corrected chi connectivity index (χ3v) is 18.5. The van der Waals surface area contributed by atoms with Gasteiger partial charge in [-0.25, -0.2) is 9.13 Å². The number of ether oxygens (including phenoxy) is 4. The number of phosphoric ester groups is 2. The molecule has 0 heterocycles. The van der Waals surface area contributed by atoms with Crippen LogP contribution in [0.4, 0.5) is 0 Å². The second-order valence-corrected chi connectivity index (χ2v) is 29.2. The predicted octanol–water partition coefficient (Wildman–Crippen LogP) is 22.8. The highest BCUT2D eigenvalue weighted by Crippen LogP contribution is 2.45. The van der Waals surface area contributed by atoms with Crippen LogP contribution in [0.3, 0.4) is 0 Å². The molecule has 0 bridgehead atoms. The van der Waals surface area contributed by atoms with Gasteiger partial charge in [-0.1, -0.05) is 311 Å². The van der Waals surface area contributed by atoms with E-state index in [1.807, 2.05) is 12.2 Å². The average Bonchev–Trinajstić information content (AvgIpc) is 1.00. The Bertz CT molecular complexity index is 2270. The molecule has 0 radical (unpaired) electrons. The topological polar surface area (TPSA) is 237 Å². The fraction of sp³-hybridized carbons (Fsp3) is 0.753. The number of unbranched alkanes of at least 4 members (excludes halogenated alkanes) is 32. The normalized spacial score (nSPS) is 14.4. The number of carbonyl (C=O) groups is 4. The molecule has 0 aromatic rings. The molecule has 0 aliphatic heterocycles. The second kappa shape index (κ2) is 73.3. The summed E-state index contributed by atoms with van der Waals surface area (Å²) in [7, 11) is -9.96. The van der Waals surface area contributed by atoms with Crippen LogP contribution in [0.15, 0.2) is 97.2 Å². The Kier molecular flexibility index (Phi) is 70.4. The first-order valence-corrected chi connectivity index (χ1v) is 42.5. The summed E-state index contributed by atoms with van der Waals surface area (Å²) in [5.41, 5.74) is 0. The number of carbonyl (C=O) groups excluding carboxylic acids is 4. The van der Waals surface area contributed by atoms with Crippen LogP contribution >= 0.6 is 15.6 Å². The maximum atomic E-state index is 13.1. The molecule has 5 atom stereocenters. The Hall–Kier alpha value is -4.02. The molecule has 3 N–H and O–H groups in total. The summed E-state index contributed by atoms with van der Waals surface area (Å²) in [6, 6.07) is 0. The molecule has 100 heavy (non-hydrogen) atoms. The maximum absolute atomic E-state index is 13.1. The van der Waals surface area contributed by atoms with Gasteiger partial charge in [0.05, 0.1) is 26.4 Å². The molecule has 0 amide bonds. The Morgan fingerprint density at radius 2 is 0.530 bits per heavy atom. The van der Waals surface area contributed by atoms with Crippen molar-refractivity contribution in [2.75, 3.05) is 39.6 Å². The van der Waals surface area contributed by atoms with Crippen LogP contribution in [-0.2, 0) is 65.4 Å². The van der Waals surface area contributed by atoms with Gasteiger partial charge in [0.1, 0.15) is 19.3 Å². The lowest BCUT2D eigenvalue weighted by Gasteiger charge is -2.21. The number of hydrogen-bond acceptors (Lipinski definition) is 15. The average molecular weight is 1450 g/mol. The Morgan fingerprint density at radius 3 is 0.840 bits per heavy atom. The van der Waals surface area contributed by atoms with E-state index in [9.17, 15) is 43.2 Å². The zero-order valence-corrected chi connectivity index (χ0v) is 64.9. The minimum Gasteiger partial charge on any atom is -0.462 e. The highest BCUT2D eigenvalue weighted by Gasteiger charge is 2.30. The highest BCUT2D eigenvalue weighted by atomic mass is 31.2. The van der Waals surface area contributed by atoms with Crippen LogP contribution in [0.5, 0.6) is 0 Å². The third kappa shape index (κ3) is 72.3. The largest absolute Gasteiger partial charge is 0.472 e. The summed E-state index contributed by atoms with van der Waals surface area (Å²) in [6.45, 7) is 4.61. The molecule has 0 spiro atoms. The number of hydrogen-bond donors (Lipinski definition) is 3. The molecule has 0 aliphatic rings. The molecule has 0 aromatic heterocycles. The summed E-state index contributed by atoms with van der Waals surface area (Å²) in [5, 5.41) is 10.6. The molecule has 0 aliphatic carbocycles. The Labute approximate surface area is 607 Å². The Morgan fingerprint density at radius 1 is 0.290 bits per heavy atom. The minimum atomic E-state index is -4.99. The molecular weight excluding hydrogens is 1310 g/mol. The summed E-state index contributed by atoms with van der Waals surface area (Å²) in [5.74, 6) is -2.23. The maximum Gasteiger partial charge on any atom is 0.472 e. The Balaban J connectivity index is 5.37. The van der Waals surface area contributed by atoms with Gasteiger partial charge in [-0.05, 0) is 96.3 Å². The van der Waals surface area contributed by atoms with Crippen molar-refractivity contribution in [3.63, 3.8) is 0 Å². The summed E-state index contributed by atoms with van der Waals surface area (Å²) in [4.78, 5) is 72.9. The standard InChI is InChI=1S/C81H142O17P2/c1-5-9-13-17-21-25-29-32-35-37-40-43-47-50-54-58-62-66-79(84)92-72-77(98-81(86)68-64-60-56-52-48-44-41-38-36-33-30-26-22-18-14-10-6-2)74-96-100(89,90)94-70-75(82)69-93-99(87,88)95-73-76(97-80(85)67-63-59-55-51-45-28-24-20-16-12-8-4)71-91-78(83)65-61-57-53-49-46-42-39-34-31-27-23-19-15-11-7-3/h9-10,13-14,21-22,25-26,32-33,35-36,40,43,50,54,75-77,82H,5-8,11-12,15-20,23-24,27-31,34,37-39,41-42,44-49,51-53,55-74H2,1-4H3,(H,87,88)(H,89,90)/b13-9-,14-10-,25-21-,26-22-,35-32-,36-33-,43-40-,54-50-. The molecule has 0 fully saturated rings. The molecule has 578 valence electrons. The number of esters is 4. The van der Waals surface area contributed by atoms with Gasteiger partial charge in [-0.2, -0.15) is 0 Å². The first kappa shape index (κ1) is 96.0. The van der Waals surface area contributed by atoms with Gasteiger partial charge in [0.25, 0.3) is 0 Å². The van der Waals surface area contributed by atoms with Crippen molar-refractivity contribution in [2.45, 2.75) is 354 Å². The number of rotatable bonds is 74. The lowest BCUT2D eigenvalue weighted by atomic mass is 10.0. The van der Waals surface area contributed by atoms with Crippen molar-refractivity contribution in [1.82, 2.24) is 0 Å². The summed E-state index contributed by atoms with van der Waals surface area (Å²) in [6.07, 6.45) is 76.8. The van der Waals surface area contributed by atoms with E-state index >= 15 is 0 Å². The molecule has 5 unspecified atom stereocenters. The smallest absolute Gasteiger partial charge is 0.462 e. The number of aliphatic hydroxyl groups is 1. The van der Waals surface area contributed by atoms with E-state index in [-0.39, 0.29) is 25.7 Å². The molecular formula is C81H142O17P2. The third-order valence-electron chi connectivity index (χ3n) is 16.6. The van der Waals surface area contributed by atoms with Gasteiger partial charge in [0.15, 0.2) is 12.2 Å². The van der Waals surface area contributed by atoms with E-state index in [1.165, 1.54) is 109 Å². The number of phosphoric acid groups is 2. The first-order valence-electron chi connectivity index (χ1n) is 39.5. The zero-order chi connectivity index (χ0) is 73.2. The monoisotopic (exact) mass is 1450 g/mol. The SMILES string of the molecule is CC/C=C\C/C=C\C/C=C\C/C=C\C/C=C\CCCC(=O)OCC(COP(=O)(O)OCC(O)COP(=O)(O)OCC(COC(=O)CCCCCCCCCCCCCCCCC)OC(=O)CCCCCCCCCCCCC)OC(=O)CCCCCCCCC/C=C\C/C=C\C/C=C\CC. The van der Waals surface area contributed by atoms with Gasteiger partial charge >= 0.3 is 39.5 Å². The van der Waals surface area contributed by atoms with Crippen LogP contribution in [0, 0.1) is 0 Å². The van der Waals surface area contributed by atoms with E-state index < -0.39 is 97.5 Å². The fourth-order valence-corrected chi connectivity index (χ4v) is 12.2. The van der Waals surface area contributed by atoms with E-state index in [0.717, 1.165) is 141 Å². The number of aliphatic hydroxyl groups excluding tert-OH is 1. The van der Waals surface area contributed by atoms with Gasteiger partial charge in [0, 0.05) is 25.7 Å². The van der Waals surface area contributed by atoms with Crippen LogP contribution in [0.2, 0.25) is 0 Å². The van der Waals surface area contributed by atoms with Crippen molar-refractivity contribution >= 4 is 39.5 Å². The molecule has 0 saturated carbocycles. The highest BCUT2D eigenvalue weighted by molar-refractivity contribution is 7.47. The van der Waals surface area contributed by atoms with Crippen molar-refractivity contribution in [3.8, 4) is 0 Å². The molecule has 0 saturated heterocycles. The van der Waals surface area contributed by atoms with Gasteiger partial charge in [0.2, 0.25) is 0 Å². The van der Waals surface area contributed by atoms with E-state index in [4.69, 9.17) is 37.0 Å². The van der Waals surface area contributed by atoms with Gasteiger partial charge < -0.3 is 33.8 Å². The van der Waals surface area contributed by atoms with Gasteiger partial charge in [-0.3, -0.25) is 37.3 Å². The quantitative estimate of drug-likeness (QED) is 0.0169. The first-order chi connectivity index (χ1) is 48.7. The van der Waals surface area contributed by atoms with Crippen molar-refractivity contribution < 1.29 is 80.2 Å². The van der Waals surface area contributed by atoms with E-state index in [2.05, 4.69) is 113 Å². The second-order valence-electron chi connectivity index (χ2n) is 26.3. The zero-order valence-electron chi connectivity index (χ0n) is 63.1. The van der Waals surface area contributed by atoms with Crippen LogP contribution in [0.1, 0.15) is 336 Å². The molecule has 0 rings (SSSR count). The van der Waals surface area contributed by atoms with Crippen molar-refractivity contribution in [1.29, 1.82) is 0 Å². The van der Waals surface area contributed by atoms with Crippen LogP contribution in [-0.4, -0.2) is 96.7 Å². The minimum absolute atomic E-state index is 0.0715. The molecule has 17 nitrogen and oxygen atoms in total. The summed E-state index contributed by atoms with van der Waals surface area (Å²) >= 11 is 0. The van der Waals surface area contributed by atoms with Crippen LogP contribution < -0.4 is 0 Å². The fourth-order valence-electron chi connectivity index (χ4n) is 10.6. The predicted molar refractivity (Wildman–Crippen MR) is 409 cm³/mol.